The van der Waals surface area contributed by atoms with Crippen molar-refractivity contribution in [3.05, 3.63) is 23.4 Å². The lowest BCUT2D eigenvalue weighted by Gasteiger charge is -2.17. The highest BCUT2D eigenvalue weighted by Gasteiger charge is 2.16. The molecule has 1 saturated heterocycles. The van der Waals surface area contributed by atoms with Crippen molar-refractivity contribution >= 4 is 11.8 Å². The molecule has 1 aromatic rings. The second kappa shape index (κ2) is 5.17. The molecule has 0 unspecified atom stereocenters. The quantitative estimate of drug-likeness (QED) is 0.868. The van der Waals surface area contributed by atoms with Crippen LogP contribution in [0.5, 0.6) is 0 Å². The van der Waals surface area contributed by atoms with Gasteiger partial charge in [-0.3, -0.25) is 0 Å². The van der Waals surface area contributed by atoms with Crippen molar-refractivity contribution in [1.82, 2.24) is 4.98 Å². The minimum Gasteiger partial charge on any atom is -0.478 e. The monoisotopic (exact) mass is 234 g/mol. The molecule has 1 N–H and O–H groups in total. The fourth-order valence-electron chi connectivity index (χ4n) is 2.19. The van der Waals surface area contributed by atoms with Crippen LogP contribution in [-0.4, -0.2) is 29.1 Å². The van der Waals surface area contributed by atoms with Gasteiger partial charge in [0.25, 0.3) is 0 Å². The molecule has 2 heterocycles. The van der Waals surface area contributed by atoms with Crippen molar-refractivity contribution in [1.29, 1.82) is 0 Å². The summed E-state index contributed by atoms with van der Waals surface area (Å²) >= 11 is 0. The van der Waals surface area contributed by atoms with E-state index in [4.69, 9.17) is 5.11 Å². The van der Waals surface area contributed by atoms with Crippen LogP contribution in [-0.2, 0) is 6.42 Å². The molecule has 0 aliphatic carbocycles. The standard InChI is InChI=1S/C13H18N2O2/c1-2-5-11-8-10(13(16)17)9-12(14-11)15-6-3-4-7-15/h8-9H,2-7H2,1H3,(H,16,17). The Balaban J connectivity index is 2.32. The van der Waals surface area contributed by atoms with Crippen LogP contribution in [0.25, 0.3) is 0 Å². The molecule has 0 saturated carbocycles. The van der Waals surface area contributed by atoms with E-state index in [0.29, 0.717) is 5.56 Å². The molecule has 0 radical (unpaired) electrons. The molecule has 1 fully saturated rings. The third kappa shape index (κ3) is 2.75. The zero-order chi connectivity index (χ0) is 12.3. The molecule has 2 rings (SSSR count). The Bertz CT molecular complexity index is 412. The Labute approximate surface area is 101 Å². The van der Waals surface area contributed by atoms with Crippen LogP contribution >= 0.6 is 0 Å². The molecule has 1 aromatic heterocycles. The van der Waals surface area contributed by atoms with E-state index >= 15 is 0 Å². The van der Waals surface area contributed by atoms with Crippen molar-refractivity contribution in [2.24, 2.45) is 0 Å². The summed E-state index contributed by atoms with van der Waals surface area (Å²) in [5, 5.41) is 9.10. The fourth-order valence-corrected chi connectivity index (χ4v) is 2.19. The minimum atomic E-state index is -0.870. The van der Waals surface area contributed by atoms with Crippen molar-refractivity contribution in [3.63, 3.8) is 0 Å². The smallest absolute Gasteiger partial charge is 0.335 e. The van der Waals surface area contributed by atoms with Gasteiger partial charge in [0.2, 0.25) is 0 Å². The molecule has 0 bridgehead atoms. The van der Waals surface area contributed by atoms with Crippen LogP contribution in [0.1, 0.15) is 42.2 Å². The Morgan fingerprint density at radius 2 is 2.12 bits per heavy atom. The highest BCUT2D eigenvalue weighted by molar-refractivity contribution is 5.88. The lowest BCUT2D eigenvalue weighted by Crippen LogP contribution is -2.20. The predicted octanol–water partition coefficient (Wildman–Crippen LogP) is 2.33. The van der Waals surface area contributed by atoms with E-state index in [2.05, 4.69) is 16.8 Å². The maximum atomic E-state index is 11.1. The van der Waals surface area contributed by atoms with E-state index < -0.39 is 5.97 Å². The van der Waals surface area contributed by atoms with Crippen molar-refractivity contribution < 1.29 is 9.90 Å². The summed E-state index contributed by atoms with van der Waals surface area (Å²) in [6.45, 7) is 4.05. The second-order valence-corrected chi connectivity index (χ2v) is 4.45. The molecule has 4 heteroatoms. The minimum absolute atomic E-state index is 0.352. The van der Waals surface area contributed by atoms with Crippen LogP contribution in [0.2, 0.25) is 0 Å². The second-order valence-electron chi connectivity index (χ2n) is 4.45. The summed E-state index contributed by atoms with van der Waals surface area (Å²) in [6, 6.07) is 3.37. The van der Waals surface area contributed by atoms with Gasteiger partial charge in [-0.15, -0.1) is 0 Å². The van der Waals surface area contributed by atoms with Crippen molar-refractivity contribution in [3.8, 4) is 0 Å². The van der Waals surface area contributed by atoms with Crippen LogP contribution in [0.4, 0.5) is 5.82 Å². The highest BCUT2D eigenvalue weighted by atomic mass is 16.4. The summed E-state index contributed by atoms with van der Waals surface area (Å²) in [5.41, 5.74) is 1.24. The maximum Gasteiger partial charge on any atom is 0.335 e. The van der Waals surface area contributed by atoms with Gasteiger partial charge in [-0.1, -0.05) is 13.3 Å². The first kappa shape index (κ1) is 11.9. The molecule has 0 spiro atoms. The first-order valence-electron chi connectivity index (χ1n) is 6.20. The van der Waals surface area contributed by atoms with Crippen LogP contribution in [0, 0.1) is 0 Å². The zero-order valence-corrected chi connectivity index (χ0v) is 10.1. The number of aromatic nitrogens is 1. The van der Waals surface area contributed by atoms with Gasteiger partial charge in [0.1, 0.15) is 5.82 Å². The molecule has 17 heavy (non-hydrogen) atoms. The molecule has 1 aliphatic rings. The Hall–Kier alpha value is -1.58. The number of nitrogens with zero attached hydrogens (tertiary/aromatic N) is 2. The number of anilines is 1. The molecular formula is C13H18N2O2. The van der Waals surface area contributed by atoms with E-state index in [1.807, 2.05) is 0 Å². The number of aromatic carboxylic acids is 1. The average molecular weight is 234 g/mol. The van der Waals surface area contributed by atoms with Gasteiger partial charge in [-0.2, -0.15) is 0 Å². The molecule has 92 valence electrons. The number of rotatable bonds is 4. The lowest BCUT2D eigenvalue weighted by molar-refractivity contribution is 0.0696. The van der Waals surface area contributed by atoms with Crippen LogP contribution in [0.3, 0.4) is 0 Å². The number of carbonyl (C=O) groups is 1. The van der Waals surface area contributed by atoms with Crippen LogP contribution < -0.4 is 4.90 Å². The number of carboxylic acid groups (broad SMARTS) is 1. The van der Waals surface area contributed by atoms with E-state index in [1.54, 1.807) is 12.1 Å². The van der Waals surface area contributed by atoms with Gasteiger partial charge in [0.05, 0.1) is 5.56 Å². The number of aryl methyl sites for hydroxylation is 1. The SMILES string of the molecule is CCCc1cc(C(=O)O)cc(N2CCCC2)n1. The van der Waals surface area contributed by atoms with Gasteiger partial charge in [-0.25, -0.2) is 9.78 Å². The molecule has 0 aromatic carbocycles. The summed E-state index contributed by atoms with van der Waals surface area (Å²) in [7, 11) is 0. The average Bonchev–Trinajstić information content (AvgIpc) is 2.82. The fraction of sp³-hybridized carbons (Fsp3) is 0.538. The van der Waals surface area contributed by atoms with Crippen molar-refractivity contribution in [2.45, 2.75) is 32.6 Å². The third-order valence-corrected chi connectivity index (χ3v) is 3.05. The number of pyridine rings is 1. The van der Waals surface area contributed by atoms with Gasteiger partial charge in [0, 0.05) is 18.8 Å². The molecular weight excluding hydrogens is 216 g/mol. The topological polar surface area (TPSA) is 53.4 Å². The van der Waals surface area contributed by atoms with Gasteiger partial charge >= 0.3 is 5.97 Å². The van der Waals surface area contributed by atoms with Crippen LogP contribution in [0.15, 0.2) is 12.1 Å². The number of hydrogen-bond donors (Lipinski definition) is 1. The van der Waals surface area contributed by atoms with E-state index in [9.17, 15) is 4.79 Å². The van der Waals surface area contributed by atoms with Gasteiger partial charge < -0.3 is 10.0 Å². The third-order valence-electron chi connectivity index (χ3n) is 3.05. The largest absolute Gasteiger partial charge is 0.478 e. The Kier molecular flexibility index (Phi) is 3.61. The molecule has 0 atom stereocenters. The van der Waals surface area contributed by atoms with E-state index in [0.717, 1.165) is 37.4 Å². The summed E-state index contributed by atoms with van der Waals surface area (Å²) in [5.74, 6) is -0.0453. The predicted molar refractivity (Wildman–Crippen MR) is 66.6 cm³/mol. The zero-order valence-electron chi connectivity index (χ0n) is 10.1. The maximum absolute atomic E-state index is 11.1. The highest BCUT2D eigenvalue weighted by Crippen LogP contribution is 2.20. The molecule has 1 aliphatic heterocycles. The number of hydrogen-bond acceptors (Lipinski definition) is 3. The normalized spacial score (nSPS) is 15.2. The lowest BCUT2D eigenvalue weighted by atomic mass is 10.1. The van der Waals surface area contributed by atoms with Gasteiger partial charge in [-0.05, 0) is 31.4 Å². The first-order chi connectivity index (χ1) is 8.20. The van der Waals surface area contributed by atoms with E-state index in [1.165, 1.54) is 12.8 Å². The summed E-state index contributed by atoms with van der Waals surface area (Å²) < 4.78 is 0. The molecule has 4 nitrogen and oxygen atoms in total. The van der Waals surface area contributed by atoms with Gasteiger partial charge in [0.15, 0.2) is 0 Å². The first-order valence-corrected chi connectivity index (χ1v) is 6.20. The number of carboxylic acids is 1. The Morgan fingerprint density at radius 1 is 1.41 bits per heavy atom. The summed E-state index contributed by atoms with van der Waals surface area (Å²) in [6.07, 6.45) is 4.15. The molecule has 0 amide bonds. The Morgan fingerprint density at radius 3 is 2.71 bits per heavy atom. The summed E-state index contributed by atoms with van der Waals surface area (Å²) in [4.78, 5) is 17.8. The van der Waals surface area contributed by atoms with E-state index in [-0.39, 0.29) is 0 Å². The van der Waals surface area contributed by atoms with Crippen molar-refractivity contribution in [2.75, 3.05) is 18.0 Å².